The van der Waals surface area contributed by atoms with Gasteiger partial charge >= 0.3 is 11.9 Å². The van der Waals surface area contributed by atoms with Crippen LogP contribution in [-0.4, -0.2) is 41.0 Å². The zero-order valence-corrected chi connectivity index (χ0v) is 19.3. The van der Waals surface area contributed by atoms with Gasteiger partial charge in [0.25, 0.3) is 0 Å². The van der Waals surface area contributed by atoms with Gasteiger partial charge in [-0.25, -0.2) is 0 Å². The van der Waals surface area contributed by atoms with Gasteiger partial charge in [-0.1, -0.05) is 20.8 Å². The van der Waals surface area contributed by atoms with E-state index in [2.05, 4.69) is 0 Å². The molecule has 0 aliphatic carbocycles. The highest BCUT2D eigenvalue weighted by Gasteiger charge is 2.36. The van der Waals surface area contributed by atoms with Gasteiger partial charge in [-0.05, 0) is 55.4 Å². The molecule has 162 valence electrons. The highest BCUT2D eigenvalue weighted by Crippen LogP contribution is 2.23. The van der Waals surface area contributed by atoms with E-state index >= 15 is 0 Å². The van der Waals surface area contributed by atoms with Crippen LogP contribution in [0.2, 0.25) is 0 Å². The fourth-order valence-corrected chi connectivity index (χ4v) is 1.97. The van der Waals surface area contributed by atoms with Crippen LogP contribution < -0.4 is 0 Å². The molecular weight excluding hydrogens is 362 g/mol. The third-order valence-corrected chi connectivity index (χ3v) is 4.00. The highest BCUT2D eigenvalue weighted by molar-refractivity contribution is 6.00. The minimum absolute atomic E-state index is 0.258. The molecule has 0 aliphatic rings. The molecule has 0 saturated carbocycles. The van der Waals surface area contributed by atoms with Crippen LogP contribution in [0.15, 0.2) is 0 Å². The van der Waals surface area contributed by atoms with Gasteiger partial charge in [-0.3, -0.25) is 24.1 Å². The van der Waals surface area contributed by atoms with Crippen LogP contribution in [0.3, 0.4) is 0 Å². The molecule has 0 saturated heterocycles. The second-order valence-corrected chi connectivity index (χ2v) is 10.2. The normalized spacial score (nSPS) is 14.7. The van der Waals surface area contributed by atoms with Crippen LogP contribution in [0.5, 0.6) is 0 Å². The summed E-state index contributed by atoms with van der Waals surface area (Å²) < 4.78 is 10.8. The molecule has 2 atom stereocenters. The highest BCUT2D eigenvalue weighted by atomic mass is 16.6. The lowest BCUT2D eigenvalue weighted by molar-refractivity contribution is -0.193. The Labute approximate surface area is 169 Å². The Morgan fingerprint density at radius 3 is 1.25 bits per heavy atom. The Balaban J connectivity index is 5.64. The maximum absolute atomic E-state index is 12.9. The number of hydrogen-bond donors (Lipinski definition) is 0. The zero-order chi connectivity index (χ0) is 22.7. The van der Waals surface area contributed by atoms with Crippen molar-refractivity contribution in [3.05, 3.63) is 0 Å². The first kappa shape index (κ1) is 26.1. The lowest BCUT2D eigenvalue weighted by Gasteiger charge is -2.36. The van der Waals surface area contributed by atoms with Gasteiger partial charge in [-0.15, -0.1) is 0 Å². The summed E-state index contributed by atoms with van der Waals surface area (Å²) in [5, 5.41) is 0. The third kappa shape index (κ3) is 7.98. The van der Waals surface area contributed by atoms with Crippen molar-refractivity contribution in [3.63, 3.8) is 0 Å². The summed E-state index contributed by atoms with van der Waals surface area (Å²) in [6, 6.07) is 0. The molecule has 0 spiro atoms. The topological polar surface area (TPSA) is 90.0 Å². The molecule has 1 amide bonds. The number of amides is 1. The van der Waals surface area contributed by atoms with E-state index in [-0.39, 0.29) is 12.2 Å². The Kier molecular flexibility index (Phi) is 8.43. The maximum Gasteiger partial charge on any atom is 0.313 e. The van der Waals surface area contributed by atoms with E-state index in [4.69, 9.17) is 9.47 Å². The first-order chi connectivity index (χ1) is 12.3. The van der Waals surface area contributed by atoms with Crippen LogP contribution in [0.25, 0.3) is 0 Å². The van der Waals surface area contributed by atoms with Crippen molar-refractivity contribution in [2.24, 2.45) is 16.2 Å². The molecule has 0 radical (unpaired) electrons. The minimum atomic E-state index is -1.00. The Bertz CT molecular complexity index is 570. The van der Waals surface area contributed by atoms with Crippen molar-refractivity contribution in [3.8, 4) is 0 Å². The first-order valence-electron chi connectivity index (χ1n) is 9.55. The number of ether oxygens (including phenoxy) is 2. The molecule has 2 unspecified atom stereocenters. The van der Waals surface area contributed by atoms with Gasteiger partial charge in [0.2, 0.25) is 5.91 Å². The summed E-state index contributed by atoms with van der Waals surface area (Å²) in [7, 11) is 0. The largest absolute Gasteiger partial charge is 0.441 e. The quantitative estimate of drug-likeness (QED) is 0.384. The van der Waals surface area contributed by atoms with Gasteiger partial charge in [0, 0.05) is 5.41 Å². The molecule has 0 N–H and O–H groups in total. The standard InChI is InChI=1S/C21H37NO6/c1-13(27-17(25)20(6,7)8)22(14(2)28-18(26)21(9,10)11)16(24)12-15(23)19(3,4)5/h13-14H,12H2,1-11H3. The fraction of sp³-hybridized carbons (Fsp3) is 0.810. The molecule has 0 bridgehead atoms. The summed E-state index contributed by atoms with van der Waals surface area (Å²) in [4.78, 5) is 50.8. The van der Waals surface area contributed by atoms with Gasteiger partial charge in [0.1, 0.15) is 5.78 Å². The smallest absolute Gasteiger partial charge is 0.313 e. The number of Topliss-reactive ketones (excluding diaryl/α,β-unsaturated/α-hetero) is 1. The summed E-state index contributed by atoms with van der Waals surface area (Å²) in [5.41, 5.74) is -2.23. The zero-order valence-electron chi connectivity index (χ0n) is 19.3. The summed E-state index contributed by atoms with van der Waals surface area (Å²) in [6.07, 6.45) is -2.39. The Morgan fingerprint density at radius 1 is 0.679 bits per heavy atom. The molecule has 0 aromatic rings. The van der Waals surface area contributed by atoms with Crippen molar-refractivity contribution in [1.29, 1.82) is 0 Å². The molecular formula is C21H37NO6. The molecule has 7 nitrogen and oxygen atoms in total. The van der Waals surface area contributed by atoms with Gasteiger partial charge in [0.15, 0.2) is 12.5 Å². The van der Waals surface area contributed by atoms with Crippen molar-refractivity contribution in [2.45, 2.75) is 95.0 Å². The fourth-order valence-electron chi connectivity index (χ4n) is 1.97. The maximum atomic E-state index is 12.9. The van der Waals surface area contributed by atoms with E-state index in [0.717, 1.165) is 4.90 Å². The molecule has 0 aromatic carbocycles. The first-order valence-corrected chi connectivity index (χ1v) is 9.55. The second kappa shape index (κ2) is 9.05. The Hall–Kier alpha value is -1.92. The average molecular weight is 400 g/mol. The van der Waals surface area contributed by atoms with E-state index in [1.54, 1.807) is 62.3 Å². The predicted molar refractivity (Wildman–Crippen MR) is 106 cm³/mol. The van der Waals surface area contributed by atoms with E-state index in [1.807, 2.05) is 0 Å². The van der Waals surface area contributed by atoms with Crippen LogP contribution >= 0.6 is 0 Å². The lowest BCUT2D eigenvalue weighted by Crippen LogP contribution is -2.50. The van der Waals surface area contributed by atoms with Gasteiger partial charge in [0.05, 0.1) is 17.3 Å². The third-order valence-electron chi connectivity index (χ3n) is 4.00. The van der Waals surface area contributed by atoms with Crippen LogP contribution in [0.4, 0.5) is 0 Å². The number of carbonyl (C=O) groups excluding carboxylic acids is 4. The van der Waals surface area contributed by atoms with E-state index in [1.165, 1.54) is 13.8 Å². The van der Waals surface area contributed by atoms with Crippen LogP contribution in [0.1, 0.15) is 82.6 Å². The molecule has 0 aliphatic heterocycles. The predicted octanol–water partition coefficient (Wildman–Crippen LogP) is 3.69. The van der Waals surface area contributed by atoms with E-state index in [0.29, 0.717) is 0 Å². The number of ketones is 1. The number of nitrogens with zero attached hydrogens (tertiary/aromatic N) is 1. The van der Waals surface area contributed by atoms with Crippen LogP contribution in [-0.2, 0) is 28.7 Å². The average Bonchev–Trinajstić information content (AvgIpc) is 2.43. The van der Waals surface area contributed by atoms with Crippen molar-refractivity contribution in [1.82, 2.24) is 4.90 Å². The molecule has 28 heavy (non-hydrogen) atoms. The lowest BCUT2D eigenvalue weighted by atomic mass is 9.88. The minimum Gasteiger partial charge on any atom is -0.441 e. The van der Waals surface area contributed by atoms with Gasteiger partial charge < -0.3 is 9.47 Å². The van der Waals surface area contributed by atoms with Crippen LogP contribution in [0, 0.1) is 16.2 Å². The number of hydrogen-bond acceptors (Lipinski definition) is 6. The second-order valence-electron chi connectivity index (χ2n) is 10.2. The summed E-state index contributed by atoms with van der Waals surface area (Å²) in [6.45, 7) is 18.4. The summed E-state index contributed by atoms with van der Waals surface area (Å²) >= 11 is 0. The molecule has 0 fully saturated rings. The molecule has 7 heteroatoms. The van der Waals surface area contributed by atoms with Gasteiger partial charge in [-0.2, -0.15) is 0 Å². The number of rotatable bonds is 6. The summed E-state index contributed by atoms with van der Waals surface area (Å²) in [5.74, 6) is -1.84. The number of carbonyl (C=O) groups is 4. The van der Waals surface area contributed by atoms with Crippen molar-refractivity contribution < 1.29 is 28.7 Å². The van der Waals surface area contributed by atoms with Crippen molar-refractivity contribution in [2.75, 3.05) is 0 Å². The van der Waals surface area contributed by atoms with E-state index < -0.39 is 46.5 Å². The molecule has 0 rings (SSSR count). The van der Waals surface area contributed by atoms with Crippen molar-refractivity contribution >= 4 is 23.6 Å². The monoisotopic (exact) mass is 399 g/mol. The molecule has 0 heterocycles. The number of esters is 2. The molecule has 0 aromatic heterocycles. The van der Waals surface area contributed by atoms with E-state index in [9.17, 15) is 19.2 Å². The SMILES string of the molecule is CC(OC(=O)C(C)(C)C)N(C(=O)CC(=O)C(C)(C)C)C(C)OC(=O)C(C)(C)C. The Morgan fingerprint density at radius 2 is 1.00 bits per heavy atom.